The first-order valence-electron chi connectivity index (χ1n) is 8.36. The van der Waals surface area contributed by atoms with Gasteiger partial charge in [-0.2, -0.15) is 5.10 Å². The molecular formula is C19H17N5O2. The van der Waals surface area contributed by atoms with Crippen LogP contribution in [-0.2, 0) is 11.2 Å². The lowest BCUT2D eigenvalue weighted by Crippen LogP contribution is -2.49. The smallest absolute Gasteiger partial charge is 0.293 e. The average molecular weight is 347 g/mol. The predicted octanol–water partition coefficient (Wildman–Crippen LogP) is 2.51. The van der Waals surface area contributed by atoms with E-state index < -0.39 is 6.03 Å². The average Bonchev–Trinajstić information content (AvgIpc) is 3.11. The van der Waals surface area contributed by atoms with Gasteiger partial charge in [0.05, 0.1) is 5.69 Å². The van der Waals surface area contributed by atoms with Gasteiger partial charge in [-0.05, 0) is 17.7 Å². The Morgan fingerprint density at radius 3 is 2.58 bits per heavy atom. The summed E-state index contributed by atoms with van der Waals surface area (Å²) in [5.74, 6) is 1.02. The number of hydrogen-bond acceptors (Lipinski definition) is 4. The zero-order valence-corrected chi connectivity index (χ0v) is 14.0. The number of carbonyl (C=O) groups excluding carboxylic acids is 2. The lowest BCUT2D eigenvalue weighted by atomic mass is 10.1. The molecule has 0 atom stereocenters. The molecule has 2 N–H and O–H groups in total. The van der Waals surface area contributed by atoms with E-state index in [2.05, 4.69) is 20.5 Å². The Morgan fingerprint density at radius 2 is 1.77 bits per heavy atom. The molecule has 0 saturated carbocycles. The molecule has 26 heavy (non-hydrogen) atoms. The SMILES string of the molecule is O=C1CCN(c2ccccc2-c2n[nH]c(Cc3ccccc3)n2)C(=O)N1. The molecule has 7 heteroatoms. The van der Waals surface area contributed by atoms with Gasteiger partial charge in [-0.3, -0.25) is 20.1 Å². The van der Waals surface area contributed by atoms with E-state index >= 15 is 0 Å². The van der Waals surface area contributed by atoms with Crippen molar-refractivity contribution in [1.29, 1.82) is 0 Å². The Hall–Kier alpha value is -3.48. The van der Waals surface area contributed by atoms with Crippen LogP contribution in [0.2, 0.25) is 0 Å². The maximum atomic E-state index is 12.2. The van der Waals surface area contributed by atoms with E-state index in [9.17, 15) is 9.59 Å². The summed E-state index contributed by atoms with van der Waals surface area (Å²) in [6.45, 7) is 0.336. The van der Waals surface area contributed by atoms with Crippen molar-refractivity contribution in [2.45, 2.75) is 12.8 Å². The number of H-pyrrole nitrogens is 1. The molecule has 0 unspecified atom stereocenters. The molecule has 2 heterocycles. The number of carbonyl (C=O) groups is 2. The fourth-order valence-corrected chi connectivity index (χ4v) is 2.98. The number of rotatable bonds is 4. The Kier molecular flexibility index (Phi) is 4.18. The van der Waals surface area contributed by atoms with E-state index in [1.807, 2.05) is 54.6 Å². The van der Waals surface area contributed by atoms with Gasteiger partial charge in [0, 0.05) is 24.9 Å². The molecule has 1 aliphatic heterocycles. The van der Waals surface area contributed by atoms with Gasteiger partial charge < -0.3 is 0 Å². The number of urea groups is 1. The highest BCUT2D eigenvalue weighted by Crippen LogP contribution is 2.29. The number of aromatic amines is 1. The van der Waals surface area contributed by atoms with Gasteiger partial charge in [-0.25, -0.2) is 9.78 Å². The van der Waals surface area contributed by atoms with Crippen LogP contribution >= 0.6 is 0 Å². The molecule has 0 spiro atoms. The highest BCUT2D eigenvalue weighted by molar-refractivity contribution is 6.07. The van der Waals surface area contributed by atoms with E-state index in [0.717, 1.165) is 17.0 Å². The van der Waals surface area contributed by atoms with Crippen LogP contribution in [0.15, 0.2) is 54.6 Å². The van der Waals surface area contributed by atoms with Gasteiger partial charge in [0.2, 0.25) is 5.91 Å². The molecule has 1 aromatic heterocycles. The minimum atomic E-state index is -0.422. The zero-order chi connectivity index (χ0) is 17.9. The fourth-order valence-electron chi connectivity index (χ4n) is 2.98. The van der Waals surface area contributed by atoms with Crippen molar-refractivity contribution in [2.24, 2.45) is 0 Å². The summed E-state index contributed by atoms with van der Waals surface area (Å²) in [5, 5.41) is 9.63. The number of anilines is 1. The van der Waals surface area contributed by atoms with Crippen LogP contribution in [0.1, 0.15) is 17.8 Å². The number of imide groups is 1. The van der Waals surface area contributed by atoms with Crippen LogP contribution in [0, 0.1) is 0 Å². The molecule has 130 valence electrons. The molecule has 0 radical (unpaired) electrons. The largest absolute Gasteiger partial charge is 0.328 e. The van der Waals surface area contributed by atoms with Crippen LogP contribution < -0.4 is 10.2 Å². The molecule has 2 aromatic carbocycles. The number of hydrogen-bond donors (Lipinski definition) is 2. The molecule has 1 aliphatic rings. The Morgan fingerprint density at radius 1 is 1.00 bits per heavy atom. The summed E-state index contributed by atoms with van der Waals surface area (Å²) in [6, 6.07) is 17.0. The third-order valence-corrected chi connectivity index (χ3v) is 4.24. The van der Waals surface area contributed by atoms with Gasteiger partial charge in [0.1, 0.15) is 5.82 Å². The van der Waals surface area contributed by atoms with Gasteiger partial charge >= 0.3 is 6.03 Å². The summed E-state index contributed by atoms with van der Waals surface area (Å²) in [6.07, 6.45) is 0.919. The maximum absolute atomic E-state index is 12.2. The Labute approximate surface area is 150 Å². The maximum Gasteiger partial charge on any atom is 0.328 e. The minimum Gasteiger partial charge on any atom is -0.293 e. The summed E-state index contributed by atoms with van der Waals surface area (Å²) in [4.78, 5) is 29.7. The van der Waals surface area contributed by atoms with Crippen LogP contribution in [0.3, 0.4) is 0 Å². The van der Waals surface area contributed by atoms with Gasteiger partial charge in [-0.1, -0.05) is 42.5 Å². The molecule has 1 fully saturated rings. The number of nitrogens with one attached hydrogen (secondary N) is 2. The highest BCUT2D eigenvalue weighted by atomic mass is 16.2. The number of aromatic nitrogens is 3. The molecule has 0 bridgehead atoms. The molecular weight excluding hydrogens is 330 g/mol. The molecule has 4 rings (SSSR count). The van der Waals surface area contributed by atoms with E-state index in [4.69, 9.17) is 0 Å². The normalized spacial score (nSPS) is 14.4. The first kappa shape index (κ1) is 16.0. The number of benzene rings is 2. The van der Waals surface area contributed by atoms with E-state index in [1.54, 1.807) is 4.90 Å². The second-order valence-electron chi connectivity index (χ2n) is 6.04. The van der Waals surface area contributed by atoms with Crippen molar-refractivity contribution in [1.82, 2.24) is 20.5 Å². The van der Waals surface area contributed by atoms with Crippen LogP contribution in [0.25, 0.3) is 11.4 Å². The van der Waals surface area contributed by atoms with E-state index in [1.165, 1.54) is 0 Å². The van der Waals surface area contributed by atoms with Crippen LogP contribution in [0.5, 0.6) is 0 Å². The van der Waals surface area contributed by atoms with Gasteiger partial charge in [0.15, 0.2) is 5.82 Å². The Bertz CT molecular complexity index is 951. The van der Waals surface area contributed by atoms with Gasteiger partial charge in [0.25, 0.3) is 0 Å². The number of para-hydroxylation sites is 1. The lowest BCUT2D eigenvalue weighted by molar-refractivity contribution is -0.120. The molecule has 3 aromatic rings. The van der Waals surface area contributed by atoms with Crippen molar-refractivity contribution < 1.29 is 9.59 Å². The lowest BCUT2D eigenvalue weighted by Gasteiger charge is -2.27. The molecule has 3 amide bonds. The number of nitrogens with zero attached hydrogens (tertiary/aromatic N) is 3. The fraction of sp³-hybridized carbons (Fsp3) is 0.158. The summed E-state index contributed by atoms with van der Waals surface area (Å²) in [5.41, 5.74) is 2.56. The third-order valence-electron chi connectivity index (χ3n) is 4.24. The summed E-state index contributed by atoms with van der Waals surface area (Å²) in [7, 11) is 0. The zero-order valence-electron chi connectivity index (χ0n) is 14.0. The number of amides is 3. The van der Waals surface area contributed by atoms with E-state index in [0.29, 0.717) is 24.5 Å². The first-order chi connectivity index (χ1) is 12.7. The predicted molar refractivity (Wildman–Crippen MR) is 96.6 cm³/mol. The second-order valence-corrected chi connectivity index (χ2v) is 6.04. The summed E-state index contributed by atoms with van der Waals surface area (Å²) >= 11 is 0. The summed E-state index contributed by atoms with van der Waals surface area (Å²) < 4.78 is 0. The molecule has 1 saturated heterocycles. The molecule has 7 nitrogen and oxygen atoms in total. The molecule has 0 aliphatic carbocycles. The third kappa shape index (κ3) is 3.19. The van der Waals surface area contributed by atoms with Crippen molar-refractivity contribution in [3.05, 3.63) is 66.0 Å². The quantitative estimate of drug-likeness (QED) is 0.759. The Balaban J connectivity index is 1.63. The van der Waals surface area contributed by atoms with Crippen LogP contribution in [-0.4, -0.2) is 33.7 Å². The monoisotopic (exact) mass is 347 g/mol. The standard InChI is InChI=1S/C19H17N5O2/c25-17-10-11-24(19(26)21-17)15-9-5-4-8-14(15)18-20-16(22-23-18)12-13-6-2-1-3-7-13/h1-9H,10-12H2,(H,20,22,23)(H,21,25,26). The topological polar surface area (TPSA) is 91.0 Å². The van der Waals surface area contributed by atoms with E-state index in [-0.39, 0.29) is 12.3 Å². The second kappa shape index (κ2) is 6.79. The minimum absolute atomic E-state index is 0.258. The highest BCUT2D eigenvalue weighted by Gasteiger charge is 2.26. The van der Waals surface area contributed by atoms with Crippen molar-refractivity contribution >= 4 is 17.6 Å². The van der Waals surface area contributed by atoms with Crippen molar-refractivity contribution in [3.8, 4) is 11.4 Å². The van der Waals surface area contributed by atoms with Crippen molar-refractivity contribution in [3.63, 3.8) is 0 Å². The van der Waals surface area contributed by atoms with Crippen LogP contribution in [0.4, 0.5) is 10.5 Å². The van der Waals surface area contributed by atoms with Gasteiger partial charge in [-0.15, -0.1) is 0 Å². The van der Waals surface area contributed by atoms with Crippen molar-refractivity contribution in [2.75, 3.05) is 11.4 Å². The first-order valence-corrected chi connectivity index (χ1v) is 8.36.